The molecule has 2 rings (SSSR count). The van der Waals surface area contributed by atoms with E-state index in [9.17, 15) is 0 Å². The van der Waals surface area contributed by atoms with Gasteiger partial charge in [-0.15, -0.1) is 0 Å². The van der Waals surface area contributed by atoms with Crippen LogP contribution in [-0.2, 0) is 6.42 Å². The van der Waals surface area contributed by atoms with E-state index in [0.29, 0.717) is 6.04 Å². The number of para-hydroxylation sites is 2. The van der Waals surface area contributed by atoms with Crippen molar-refractivity contribution in [2.75, 3.05) is 6.54 Å². The third-order valence-electron chi connectivity index (χ3n) is 2.35. The average molecular weight is 203 g/mol. The topological polar surface area (TPSA) is 40.7 Å². The number of benzene rings is 1. The summed E-state index contributed by atoms with van der Waals surface area (Å²) >= 11 is 0. The number of H-pyrrole nitrogens is 1. The highest BCUT2D eigenvalue weighted by atomic mass is 14.9. The van der Waals surface area contributed by atoms with Gasteiger partial charge in [0.25, 0.3) is 0 Å². The SMILES string of the molecule is CC(C)NCCc1nc2ccccc2[nH]1. The summed E-state index contributed by atoms with van der Waals surface area (Å²) in [6, 6.07) is 8.66. The van der Waals surface area contributed by atoms with Gasteiger partial charge in [-0.2, -0.15) is 0 Å². The lowest BCUT2D eigenvalue weighted by Gasteiger charge is -2.05. The molecule has 0 saturated carbocycles. The molecule has 2 N–H and O–H groups in total. The van der Waals surface area contributed by atoms with Crippen molar-refractivity contribution in [2.24, 2.45) is 0 Å². The quantitative estimate of drug-likeness (QED) is 0.799. The van der Waals surface area contributed by atoms with Crippen molar-refractivity contribution in [3.05, 3.63) is 30.1 Å². The maximum Gasteiger partial charge on any atom is 0.108 e. The number of imidazole rings is 1. The number of nitrogens with one attached hydrogen (secondary N) is 2. The highest BCUT2D eigenvalue weighted by Crippen LogP contribution is 2.10. The molecule has 0 aliphatic heterocycles. The Kier molecular flexibility index (Phi) is 3.02. The van der Waals surface area contributed by atoms with Gasteiger partial charge in [0.1, 0.15) is 5.82 Å². The Balaban J connectivity index is 2.03. The Morgan fingerprint density at radius 1 is 1.33 bits per heavy atom. The molecule has 0 fully saturated rings. The molecule has 80 valence electrons. The summed E-state index contributed by atoms with van der Waals surface area (Å²) in [6.45, 7) is 5.27. The van der Waals surface area contributed by atoms with Gasteiger partial charge >= 0.3 is 0 Å². The smallest absolute Gasteiger partial charge is 0.108 e. The molecule has 3 heteroatoms. The van der Waals surface area contributed by atoms with E-state index in [-0.39, 0.29) is 0 Å². The Bertz CT molecular complexity index is 398. The highest BCUT2D eigenvalue weighted by Gasteiger charge is 2.01. The Morgan fingerprint density at radius 2 is 2.13 bits per heavy atom. The van der Waals surface area contributed by atoms with Crippen LogP contribution >= 0.6 is 0 Å². The summed E-state index contributed by atoms with van der Waals surface area (Å²) in [5.74, 6) is 1.06. The van der Waals surface area contributed by atoms with Crippen LogP contribution < -0.4 is 5.32 Å². The van der Waals surface area contributed by atoms with E-state index in [2.05, 4.69) is 35.2 Å². The van der Waals surface area contributed by atoms with E-state index in [1.807, 2.05) is 18.2 Å². The van der Waals surface area contributed by atoms with Gasteiger partial charge in [-0.1, -0.05) is 26.0 Å². The van der Waals surface area contributed by atoms with Crippen LogP contribution in [0.4, 0.5) is 0 Å². The Morgan fingerprint density at radius 3 is 2.87 bits per heavy atom. The van der Waals surface area contributed by atoms with Gasteiger partial charge < -0.3 is 10.3 Å². The number of rotatable bonds is 4. The second-order valence-corrected chi connectivity index (χ2v) is 4.06. The molecule has 0 atom stereocenters. The van der Waals surface area contributed by atoms with Crippen LogP contribution in [0.25, 0.3) is 11.0 Å². The number of nitrogens with zero attached hydrogens (tertiary/aromatic N) is 1. The van der Waals surface area contributed by atoms with Crippen LogP contribution in [0.2, 0.25) is 0 Å². The number of hydrogen-bond acceptors (Lipinski definition) is 2. The van der Waals surface area contributed by atoms with E-state index in [1.54, 1.807) is 0 Å². The molecular weight excluding hydrogens is 186 g/mol. The van der Waals surface area contributed by atoms with E-state index >= 15 is 0 Å². The summed E-state index contributed by atoms with van der Waals surface area (Å²) in [6.07, 6.45) is 0.951. The zero-order valence-corrected chi connectivity index (χ0v) is 9.25. The van der Waals surface area contributed by atoms with E-state index in [0.717, 1.165) is 29.8 Å². The van der Waals surface area contributed by atoms with Crippen molar-refractivity contribution in [2.45, 2.75) is 26.3 Å². The lowest BCUT2D eigenvalue weighted by atomic mass is 10.3. The largest absolute Gasteiger partial charge is 0.342 e. The zero-order chi connectivity index (χ0) is 10.7. The van der Waals surface area contributed by atoms with Crippen LogP contribution in [0.5, 0.6) is 0 Å². The molecule has 0 bridgehead atoms. The first-order valence-corrected chi connectivity index (χ1v) is 5.43. The van der Waals surface area contributed by atoms with Crippen molar-refractivity contribution in [1.29, 1.82) is 0 Å². The molecule has 1 aromatic carbocycles. The first-order valence-electron chi connectivity index (χ1n) is 5.43. The molecule has 1 heterocycles. The van der Waals surface area contributed by atoms with Crippen molar-refractivity contribution in [1.82, 2.24) is 15.3 Å². The third kappa shape index (κ3) is 2.57. The molecule has 1 aromatic heterocycles. The molecule has 3 nitrogen and oxygen atoms in total. The first-order chi connectivity index (χ1) is 7.25. The van der Waals surface area contributed by atoms with Crippen LogP contribution in [0.3, 0.4) is 0 Å². The van der Waals surface area contributed by atoms with E-state index < -0.39 is 0 Å². The van der Waals surface area contributed by atoms with Crippen molar-refractivity contribution in [3.8, 4) is 0 Å². The monoisotopic (exact) mass is 203 g/mol. The van der Waals surface area contributed by atoms with Crippen molar-refractivity contribution < 1.29 is 0 Å². The van der Waals surface area contributed by atoms with Gasteiger partial charge in [-0.3, -0.25) is 0 Å². The molecule has 0 aliphatic carbocycles. The molecule has 15 heavy (non-hydrogen) atoms. The van der Waals surface area contributed by atoms with Gasteiger partial charge in [-0.05, 0) is 12.1 Å². The van der Waals surface area contributed by atoms with Crippen molar-refractivity contribution in [3.63, 3.8) is 0 Å². The van der Waals surface area contributed by atoms with Crippen LogP contribution in [0.1, 0.15) is 19.7 Å². The fourth-order valence-corrected chi connectivity index (χ4v) is 1.60. The van der Waals surface area contributed by atoms with Gasteiger partial charge in [0.15, 0.2) is 0 Å². The summed E-state index contributed by atoms with van der Waals surface area (Å²) in [4.78, 5) is 7.83. The fraction of sp³-hybridized carbons (Fsp3) is 0.417. The first kappa shape index (κ1) is 10.2. The molecule has 0 radical (unpaired) electrons. The van der Waals surface area contributed by atoms with E-state index in [1.165, 1.54) is 0 Å². The maximum absolute atomic E-state index is 4.51. The minimum atomic E-state index is 0.536. The Labute approximate surface area is 89.9 Å². The summed E-state index contributed by atoms with van der Waals surface area (Å²) in [7, 11) is 0. The van der Waals surface area contributed by atoms with Gasteiger partial charge in [0.05, 0.1) is 11.0 Å². The van der Waals surface area contributed by atoms with Crippen LogP contribution in [0.15, 0.2) is 24.3 Å². The maximum atomic E-state index is 4.51. The molecule has 0 aliphatic rings. The number of fused-ring (bicyclic) bond motifs is 1. The molecule has 0 saturated heterocycles. The van der Waals surface area contributed by atoms with Crippen LogP contribution in [-0.4, -0.2) is 22.6 Å². The predicted octanol–water partition coefficient (Wildman–Crippen LogP) is 2.10. The van der Waals surface area contributed by atoms with E-state index in [4.69, 9.17) is 0 Å². The molecule has 0 amide bonds. The standard InChI is InChI=1S/C12H17N3/c1-9(2)13-8-7-12-14-10-5-3-4-6-11(10)15-12/h3-6,9,13H,7-8H2,1-2H3,(H,14,15). The van der Waals surface area contributed by atoms with Gasteiger partial charge in [-0.25, -0.2) is 4.98 Å². The second-order valence-electron chi connectivity index (χ2n) is 4.06. The lowest BCUT2D eigenvalue weighted by molar-refractivity contribution is 0.585. The molecule has 2 aromatic rings. The Hall–Kier alpha value is -1.35. The van der Waals surface area contributed by atoms with Gasteiger partial charge in [0.2, 0.25) is 0 Å². The lowest BCUT2D eigenvalue weighted by Crippen LogP contribution is -2.25. The average Bonchev–Trinajstić information content (AvgIpc) is 2.59. The second kappa shape index (κ2) is 4.45. The zero-order valence-electron chi connectivity index (χ0n) is 9.25. The minimum absolute atomic E-state index is 0.536. The summed E-state index contributed by atoms with van der Waals surface area (Å²) in [5, 5.41) is 3.38. The normalized spacial score (nSPS) is 11.4. The molecular formula is C12H17N3. The predicted molar refractivity (Wildman–Crippen MR) is 62.9 cm³/mol. The number of aromatic nitrogens is 2. The highest BCUT2D eigenvalue weighted by molar-refractivity contribution is 5.74. The molecule has 0 unspecified atom stereocenters. The summed E-state index contributed by atoms with van der Waals surface area (Å²) < 4.78 is 0. The number of hydrogen-bond donors (Lipinski definition) is 2. The van der Waals surface area contributed by atoms with Crippen LogP contribution in [0, 0.1) is 0 Å². The third-order valence-corrected chi connectivity index (χ3v) is 2.35. The molecule has 0 spiro atoms. The van der Waals surface area contributed by atoms with Gasteiger partial charge in [0, 0.05) is 19.0 Å². The fourth-order valence-electron chi connectivity index (χ4n) is 1.60. The number of aromatic amines is 1. The van der Waals surface area contributed by atoms with Crippen molar-refractivity contribution >= 4 is 11.0 Å². The summed E-state index contributed by atoms with van der Waals surface area (Å²) in [5.41, 5.74) is 2.18. The minimum Gasteiger partial charge on any atom is -0.342 e.